The van der Waals surface area contributed by atoms with Crippen LogP contribution in [0, 0.1) is 0 Å². The third kappa shape index (κ3) is 4.99. The van der Waals surface area contributed by atoms with Gasteiger partial charge in [-0.1, -0.05) is 22.9 Å². The van der Waals surface area contributed by atoms with E-state index in [-0.39, 0.29) is 5.60 Å². The second-order valence-corrected chi connectivity index (χ2v) is 5.31. The lowest BCUT2D eigenvalue weighted by Gasteiger charge is -2.23. The number of benzene rings is 1. The second kappa shape index (κ2) is 6.26. The van der Waals surface area contributed by atoms with Crippen LogP contribution in [0.15, 0.2) is 28.7 Å². The lowest BCUT2D eigenvalue weighted by Crippen LogP contribution is -2.26. The van der Waals surface area contributed by atoms with Gasteiger partial charge in [0.2, 0.25) is 0 Å². The maximum Gasteiger partial charge on any atom is 0.0646 e. The molecule has 16 heavy (non-hydrogen) atoms. The van der Waals surface area contributed by atoms with Crippen LogP contribution in [-0.4, -0.2) is 18.8 Å². The van der Waals surface area contributed by atoms with Crippen LogP contribution in [0.3, 0.4) is 0 Å². The van der Waals surface area contributed by atoms with Crippen LogP contribution in [0.4, 0.5) is 5.69 Å². The van der Waals surface area contributed by atoms with Crippen molar-refractivity contribution in [2.45, 2.75) is 32.8 Å². The molecule has 1 aromatic rings. The zero-order chi connectivity index (χ0) is 12.0. The molecule has 0 aliphatic heterocycles. The topological polar surface area (TPSA) is 21.3 Å². The summed E-state index contributed by atoms with van der Waals surface area (Å²) in [7, 11) is 0. The highest BCUT2D eigenvalue weighted by Gasteiger charge is 2.14. The largest absolute Gasteiger partial charge is 0.383 e. The molecule has 1 aromatic carbocycles. The highest BCUT2D eigenvalue weighted by molar-refractivity contribution is 9.10. The van der Waals surface area contributed by atoms with Gasteiger partial charge in [0.1, 0.15) is 0 Å². The van der Waals surface area contributed by atoms with Gasteiger partial charge in [-0.05, 0) is 44.5 Å². The van der Waals surface area contributed by atoms with E-state index >= 15 is 0 Å². The maximum absolute atomic E-state index is 5.75. The normalized spacial score (nSPS) is 11.5. The van der Waals surface area contributed by atoms with Crippen LogP contribution in [0.25, 0.3) is 0 Å². The molecule has 3 heteroatoms. The first-order chi connectivity index (χ1) is 7.53. The number of rotatable bonds is 6. The van der Waals surface area contributed by atoms with Crippen LogP contribution in [0.5, 0.6) is 0 Å². The average molecular weight is 286 g/mol. The summed E-state index contributed by atoms with van der Waals surface area (Å²) in [5.41, 5.74) is 1.11. The molecule has 0 amide bonds. The van der Waals surface area contributed by atoms with Crippen molar-refractivity contribution in [1.82, 2.24) is 0 Å². The summed E-state index contributed by atoms with van der Waals surface area (Å²) in [4.78, 5) is 0. The molecule has 1 N–H and O–H groups in total. The van der Waals surface area contributed by atoms with Gasteiger partial charge in [0.15, 0.2) is 0 Å². The number of hydrogen-bond donors (Lipinski definition) is 1. The molecule has 0 aliphatic carbocycles. The lowest BCUT2D eigenvalue weighted by atomic mass is 10.1. The van der Waals surface area contributed by atoms with Crippen molar-refractivity contribution >= 4 is 21.6 Å². The molecule has 0 aliphatic rings. The molecule has 0 aromatic heterocycles. The number of ether oxygens (including phenoxy) is 1. The first-order valence-corrected chi connectivity index (χ1v) is 6.46. The first-order valence-electron chi connectivity index (χ1n) is 5.67. The Hall–Kier alpha value is -0.540. The van der Waals surface area contributed by atoms with E-state index in [1.165, 1.54) is 0 Å². The van der Waals surface area contributed by atoms with E-state index < -0.39 is 0 Å². The molecule has 0 saturated carbocycles. The van der Waals surface area contributed by atoms with Gasteiger partial charge >= 0.3 is 0 Å². The highest BCUT2D eigenvalue weighted by Crippen LogP contribution is 2.15. The van der Waals surface area contributed by atoms with Crippen molar-refractivity contribution in [1.29, 1.82) is 0 Å². The van der Waals surface area contributed by atoms with Crippen molar-refractivity contribution in [2.75, 3.05) is 18.5 Å². The van der Waals surface area contributed by atoms with Crippen molar-refractivity contribution < 1.29 is 4.74 Å². The fourth-order valence-corrected chi connectivity index (χ4v) is 1.46. The Balaban J connectivity index is 2.23. The summed E-state index contributed by atoms with van der Waals surface area (Å²) in [5, 5.41) is 3.32. The van der Waals surface area contributed by atoms with E-state index in [0.717, 1.165) is 29.7 Å². The minimum atomic E-state index is -0.0125. The van der Waals surface area contributed by atoms with Gasteiger partial charge in [0.05, 0.1) is 12.2 Å². The van der Waals surface area contributed by atoms with Crippen LogP contribution >= 0.6 is 15.9 Å². The molecule has 1 rings (SSSR count). The molecule has 90 valence electrons. The van der Waals surface area contributed by atoms with Crippen molar-refractivity contribution in [3.8, 4) is 0 Å². The van der Waals surface area contributed by atoms with E-state index in [0.29, 0.717) is 0 Å². The third-order valence-electron chi connectivity index (χ3n) is 2.62. The maximum atomic E-state index is 5.75. The third-order valence-corrected chi connectivity index (χ3v) is 3.15. The van der Waals surface area contributed by atoms with E-state index in [9.17, 15) is 0 Å². The summed E-state index contributed by atoms with van der Waals surface area (Å²) >= 11 is 3.41. The summed E-state index contributed by atoms with van der Waals surface area (Å²) in [6.07, 6.45) is 1.03. The standard InChI is InChI=1S/C13H20BrNO/c1-4-13(2,3)16-10-9-15-12-7-5-11(14)6-8-12/h5-8,15H,4,9-10H2,1-3H3. The van der Waals surface area contributed by atoms with Gasteiger partial charge in [-0.3, -0.25) is 0 Å². The zero-order valence-electron chi connectivity index (χ0n) is 10.2. The molecule has 2 nitrogen and oxygen atoms in total. The monoisotopic (exact) mass is 285 g/mol. The van der Waals surface area contributed by atoms with Gasteiger partial charge in [-0.25, -0.2) is 0 Å². The lowest BCUT2D eigenvalue weighted by molar-refractivity contribution is -0.0142. The number of halogens is 1. The molecule has 0 fully saturated rings. The Morgan fingerprint density at radius 1 is 1.25 bits per heavy atom. The first kappa shape index (κ1) is 13.5. The number of anilines is 1. The zero-order valence-corrected chi connectivity index (χ0v) is 11.8. The molecular weight excluding hydrogens is 266 g/mol. The summed E-state index contributed by atoms with van der Waals surface area (Å²) in [6.45, 7) is 7.95. The number of nitrogens with one attached hydrogen (secondary N) is 1. The molecule has 0 saturated heterocycles. The molecule has 0 unspecified atom stereocenters. The Morgan fingerprint density at radius 3 is 2.44 bits per heavy atom. The second-order valence-electron chi connectivity index (χ2n) is 4.40. The minimum absolute atomic E-state index is 0.0125. The SMILES string of the molecule is CCC(C)(C)OCCNc1ccc(Br)cc1. The molecule has 0 heterocycles. The fraction of sp³-hybridized carbons (Fsp3) is 0.538. The summed E-state index contributed by atoms with van der Waals surface area (Å²) in [5.74, 6) is 0. The summed E-state index contributed by atoms with van der Waals surface area (Å²) < 4.78 is 6.85. The van der Waals surface area contributed by atoms with E-state index in [2.05, 4.69) is 54.2 Å². The molecule has 0 spiro atoms. The molecule has 0 bridgehead atoms. The number of hydrogen-bond acceptors (Lipinski definition) is 2. The van der Waals surface area contributed by atoms with E-state index in [1.54, 1.807) is 0 Å². The van der Waals surface area contributed by atoms with E-state index in [4.69, 9.17) is 4.74 Å². The highest BCUT2D eigenvalue weighted by atomic mass is 79.9. The summed E-state index contributed by atoms with van der Waals surface area (Å²) in [6, 6.07) is 8.16. The van der Waals surface area contributed by atoms with Crippen LogP contribution < -0.4 is 5.32 Å². The molecule has 0 atom stereocenters. The predicted molar refractivity (Wildman–Crippen MR) is 73.0 cm³/mol. The Bertz CT molecular complexity index is 308. The smallest absolute Gasteiger partial charge is 0.0646 e. The Morgan fingerprint density at radius 2 is 1.88 bits per heavy atom. The van der Waals surface area contributed by atoms with Gasteiger partial charge in [0.25, 0.3) is 0 Å². The van der Waals surface area contributed by atoms with Crippen molar-refractivity contribution in [2.24, 2.45) is 0 Å². The van der Waals surface area contributed by atoms with Crippen molar-refractivity contribution in [3.63, 3.8) is 0 Å². The van der Waals surface area contributed by atoms with Crippen molar-refractivity contribution in [3.05, 3.63) is 28.7 Å². The van der Waals surface area contributed by atoms with Crippen LogP contribution in [0.1, 0.15) is 27.2 Å². The Kier molecular flexibility index (Phi) is 5.29. The fourth-order valence-electron chi connectivity index (χ4n) is 1.19. The van der Waals surface area contributed by atoms with Gasteiger partial charge < -0.3 is 10.1 Å². The Labute approximate surface area is 107 Å². The minimum Gasteiger partial charge on any atom is -0.383 e. The molecule has 0 radical (unpaired) electrons. The van der Waals surface area contributed by atoms with Gasteiger partial charge in [-0.15, -0.1) is 0 Å². The van der Waals surface area contributed by atoms with Crippen LogP contribution in [-0.2, 0) is 4.74 Å². The van der Waals surface area contributed by atoms with Crippen LogP contribution in [0.2, 0.25) is 0 Å². The predicted octanol–water partition coefficient (Wildman–Crippen LogP) is 4.07. The van der Waals surface area contributed by atoms with E-state index in [1.807, 2.05) is 12.1 Å². The molecular formula is C13H20BrNO. The van der Waals surface area contributed by atoms with Gasteiger partial charge in [0, 0.05) is 16.7 Å². The van der Waals surface area contributed by atoms with Gasteiger partial charge in [-0.2, -0.15) is 0 Å². The quantitative estimate of drug-likeness (QED) is 0.796. The average Bonchev–Trinajstić information content (AvgIpc) is 2.27.